The zero-order valence-corrected chi connectivity index (χ0v) is 16.4. The number of halogens is 4. The van der Waals surface area contributed by atoms with Crippen molar-refractivity contribution in [2.24, 2.45) is 0 Å². The van der Waals surface area contributed by atoms with Crippen molar-refractivity contribution >= 4 is 23.3 Å². The van der Waals surface area contributed by atoms with Crippen molar-refractivity contribution in [2.45, 2.75) is 31.5 Å². The maximum Gasteiger partial charge on any atom is 0.417 e. The lowest BCUT2D eigenvalue weighted by Gasteiger charge is -2.32. The Labute approximate surface area is 172 Å². The molecule has 2 amide bonds. The Kier molecular flexibility index (Phi) is 6.97. The molecule has 0 unspecified atom stereocenters. The minimum atomic E-state index is -4.58. The number of hydrogen-bond donors (Lipinski definition) is 2. The molecule has 2 N–H and O–H groups in total. The lowest BCUT2D eigenvalue weighted by molar-refractivity contribution is -0.137. The fraction of sp³-hybridized carbons (Fsp3) is 0.400. The summed E-state index contributed by atoms with van der Waals surface area (Å²) >= 11 is 5.60. The van der Waals surface area contributed by atoms with Gasteiger partial charge in [-0.15, -0.1) is 0 Å². The summed E-state index contributed by atoms with van der Waals surface area (Å²) in [6.45, 7) is 2.65. The van der Waals surface area contributed by atoms with Crippen LogP contribution in [0.2, 0.25) is 5.02 Å². The summed E-state index contributed by atoms with van der Waals surface area (Å²) in [7, 11) is 0. The third-order valence-electron chi connectivity index (χ3n) is 4.92. The number of hydrogen-bond acceptors (Lipinski definition) is 3. The van der Waals surface area contributed by atoms with Gasteiger partial charge in [-0.1, -0.05) is 11.6 Å². The number of amides is 2. The van der Waals surface area contributed by atoms with Crippen LogP contribution in [-0.4, -0.2) is 41.6 Å². The summed E-state index contributed by atoms with van der Waals surface area (Å²) in [6, 6.07) is 6.78. The molecule has 0 radical (unpaired) electrons. The number of carbonyl (C=O) groups excluding carboxylic acids is 1. The third kappa shape index (κ3) is 6.33. The van der Waals surface area contributed by atoms with Crippen molar-refractivity contribution in [3.05, 3.63) is 58.9 Å². The first kappa shape index (κ1) is 21.4. The van der Waals surface area contributed by atoms with E-state index >= 15 is 0 Å². The number of urea groups is 1. The highest BCUT2D eigenvalue weighted by atomic mass is 35.5. The quantitative estimate of drug-likeness (QED) is 0.735. The molecule has 1 aliphatic heterocycles. The summed E-state index contributed by atoms with van der Waals surface area (Å²) in [5, 5.41) is 4.89. The van der Waals surface area contributed by atoms with Crippen LogP contribution in [0.3, 0.4) is 0 Å². The molecule has 5 nitrogen and oxygen atoms in total. The van der Waals surface area contributed by atoms with E-state index < -0.39 is 22.8 Å². The van der Waals surface area contributed by atoms with Crippen molar-refractivity contribution in [1.29, 1.82) is 0 Å². The molecule has 2 aromatic rings. The summed E-state index contributed by atoms with van der Waals surface area (Å²) in [5.41, 5.74) is 0.314. The highest BCUT2D eigenvalue weighted by Crippen LogP contribution is 2.36. The monoisotopic (exact) mass is 426 g/mol. The molecule has 0 atom stereocenters. The summed E-state index contributed by atoms with van der Waals surface area (Å²) in [6.07, 6.45) is 1.51. The van der Waals surface area contributed by atoms with E-state index in [1.807, 2.05) is 12.1 Å². The van der Waals surface area contributed by atoms with E-state index in [9.17, 15) is 18.0 Å². The van der Waals surface area contributed by atoms with Crippen LogP contribution < -0.4 is 10.6 Å². The van der Waals surface area contributed by atoms with Gasteiger partial charge in [-0.3, -0.25) is 4.98 Å². The molecule has 0 saturated carbocycles. The highest BCUT2D eigenvalue weighted by Gasteiger charge is 2.33. The molecule has 1 saturated heterocycles. The number of rotatable bonds is 5. The molecular formula is C20H22ClF3N4O. The Morgan fingerprint density at radius 1 is 1.17 bits per heavy atom. The first-order chi connectivity index (χ1) is 13.8. The minimum absolute atomic E-state index is 0.0124. The van der Waals surface area contributed by atoms with E-state index in [1.54, 1.807) is 12.4 Å². The van der Waals surface area contributed by atoms with E-state index in [1.165, 1.54) is 11.6 Å². The topological polar surface area (TPSA) is 57.3 Å². The Morgan fingerprint density at radius 2 is 1.86 bits per heavy atom. The third-order valence-corrected chi connectivity index (χ3v) is 5.25. The highest BCUT2D eigenvalue weighted by molar-refractivity contribution is 6.31. The average Bonchev–Trinajstić information content (AvgIpc) is 2.69. The zero-order valence-electron chi connectivity index (χ0n) is 15.7. The second-order valence-corrected chi connectivity index (χ2v) is 7.42. The van der Waals surface area contributed by atoms with E-state index in [0.717, 1.165) is 51.0 Å². The first-order valence-electron chi connectivity index (χ1n) is 9.37. The second kappa shape index (κ2) is 9.45. The maximum atomic E-state index is 12.9. The van der Waals surface area contributed by atoms with Crippen molar-refractivity contribution in [3.8, 4) is 0 Å². The van der Waals surface area contributed by atoms with Crippen molar-refractivity contribution in [3.63, 3.8) is 0 Å². The molecule has 0 spiro atoms. The normalized spacial score (nSPS) is 15.9. The molecule has 3 rings (SSSR count). The Morgan fingerprint density at radius 3 is 2.52 bits per heavy atom. The second-order valence-electron chi connectivity index (χ2n) is 7.01. The molecule has 9 heteroatoms. The van der Waals surface area contributed by atoms with Gasteiger partial charge in [0, 0.05) is 43.8 Å². The van der Waals surface area contributed by atoms with Gasteiger partial charge in [0.15, 0.2) is 0 Å². The number of alkyl halides is 3. The fourth-order valence-electron chi connectivity index (χ4n) is 3.31. The van der Waals surface area contributed by atoms with Gasteiger partial charge in [0.1, 0.15) is 0 Å². The number of nitrogens with zero attached hydrogens (tertiary/aromatic N) is 2. The van der Waals surface area contributed by atoms with Gasteiger partial charge in [0.05, 0.1) is 10.6 Å². The molecule has 29 heavy (non-hydrogen) atoms. The van der Waals surface area contributed by atoms with Crippen molar-refractivity contribution in [2.75, 3.05) is 25.0 Å². The van der Waals surface area contributed by atoms with E-state index in [4.69, 9.17) is 11.6 Å². The largest absolute Gasteiger partial charge is 0.417 e. The Balaban J connectivity index is 1.44. The summed E-state index contributed by atoms with van der Waals surface area (Å²) in [5.74, 6) is 0. The summed E-state index contributed by atoms with van der Waals surface area (Å²) in [4.78, 5) is 18.5. The van der Waals surface area contributed by atoms with Gasteiger partial charge >= 0.3 is 12.2 Å². The lowest BCUT2D eigenvalue weighted by atomic mass is 10.0. The molecule has 1 fully saturated rings. The number of piperidine rings is 1. The van der Waals surface area contributed by atoms with Gasteiger partial charge in [-0.2, -0.15) is 13.2 Å². The molecule has 0 bridgehead atoms. The lowest BCUT2D eigenvalue weighted by Crippen LogP contribution is -2.46. The molecule has 1 aromatic carbocycles. The smallest absolute Gasteiger partial charge is 0.335 e. The number of anilines is 1. The van der Waals surface area contributed by atoms with Gasteiger partial charge < -0.3 is 15.5 Å². The van der Waals surface area contributed by atoms with E-state index in [2.05, 4.69) is 20.5 Å². The predicted octanol–water partition coefficient (Wildman–Crippen LogP) is 4.58. The molecule has 1 aliphatic rings. The molecule has 156 valence electrons. The van der Waals surface area contributed by atoms with Gasteiger partial charge in [-0.25, -0.2) is 4.79 Å². The molecule has 0 aliphatic carbocycles. The number of pyridine rings is 1. The van der Waals surface area contributed by atoms with Crippen LogP contribution in [0.15, 0.2) is 42.7 Å². The number of aromatic nitrogens is 1. The van der Waals surface area contributed by atoms with Crippen molar-refractivity contribution < 1.29 is 18.0 Å². The average molecular weight is 427 g/mol. The molecule has 2 heterocycles. The number of carbonyl (C=O) groups is 1. The van der Waals surface area contributed by atoms with Gasteiger partial charge in [0.2, 0.25) is 0 Å². The fourth-order valence-corrected chi connectivity index (χ4v) is 3.54. The Bertz CT molecular complexity index is 824. The summed E-state index contributed by atoms with van der Waals surface area (Å²) < 4.78 is 38.8. The van der Waals surface area contributed by atoms with Crippen LogP contribution in [0, 0.1) is 0 Å². The van der Waals surface area contributed by atoms with Gasteiger partial charge in [0.25, 0.3) is 0 Å². The number of likely N-dealkylation sites (tertiary alicyclic amines) is 1. The van der Waals surface area contributed by atoms with Crippen LogP contribution in [-0.2, 0) is 12.6 Å². The SMILES string of the molecule is O=C(Nc1ccc(Cl)c(C(F)(F)F)c1)NC1CCN(CCc2ccncc2)CC1. The van der Waals surface area contributed by atoms with E-state index in [-0.39, 0.29) is 11.7 Å². The Hall–Kier alpha value is -2.32. The van der Waals surface area contributed by atoms with Crippen molar-refractivity contribution in [1.82, 2.24) is 15.2 Å². The first-order valence-corrected chi connectivity index (χ1v) is 9.74. The molecule has 1 aromatic heterocycles. The van der Waals surface area contributed by atoms with Crippen LogP contribution in [0.1, 0.15) is 24.0 Å². The van der Waals surface area contributed by atoms with Crippen LogP contribution in [0.25, 0.3) is 0 Å². The van der Waals surface area contributed by atoms with Crippen LogP contribution >= 0.6 is 11.6 Å². The predicted molar refractivity (Wildman–Crippen MR) is 106 cm³/mol. The zero-order chi connectivity index (χ0) is 20.9. The number of nitrogens with one attached hydrogen (secondary N) is 2. The van der Waals surface area contributed by atoms with Crippen LogP contribution in [0.4, 0.5) is 23.7 Å². The maximum absolute atomic E-state index is 12.9. The van der Waals surface area contributed by atoms with E-state index in [0.29, 0.717) is 0 Å². The standard InChI is InChI=1S/C20H22ClF3N4O/c21-18-2-1-16(13-17(18)20(22,23)24)27-19(29)26-15-6-11-28(12-7-15)10-5-14-3-8-25-9-4-14/h1-4,8-9,13,15H,5-7,10-12H2,(H2,26,27,29). The van der Waals surface area contributed by atoms with Gasteiger partial charge in [-0.05, 0) is 55.2 Å². The number of benzene rings is 1. The van der Waals surface area contributed by atoms with Crippen LogP contribution in [0.5, 0.6) is 0 Å². The molecular weight excluding hydrogens is 405 g/mol. The minimum Gasteiger partial charge on any atom is -0.335 e.